The van der Waals surface area contributed by atoms with Crippen molar-refractivity contribution < 1.29 is 23.8 Å². The van der Waals surface area contributed by atoms with Gasteiger partial charge in [0.15, 0.2) is 6.10 Å². The predicted molar refractivity (Wildman–Crippen MR) is 164 cm³/mol. The molecule has 3 aromatic rings. The summed E-state index contributed by atoms with van der Waals surface area (Å²) in [4.78, 5) is 24.2. The average molecular weight is 579 g/mol. The van der Waals surface area contributed by atoms with E-state index in [1.54, 1.807) is 18.5 Å². The van der Waals surface area contributed by atoms with Gasteiger partial charge < -0.3 is 24.8 Å². The van der Waals surface area contributed by atoms with E-state index >= 15 is 0 Å². The van der Waals surface area contributed by atoms with Gasteiger partial charge in [-0.1, -0.05) is 13.8 Å². The Kier molecular flexibility index (Phi) is 9.40. The maximum atomic E-state index is 13.3. The van der Waals surface area contributed by atoms with Gasteiger partial charge >= 0.3 is 5.97 Å². The number of pyridine rings is 2. The van der Waals surface area contributed by atoms with Crippen LogP contribution in [-0.2, 0) is 9.53 Å². The molecular formula is C33H43FN4O4. The number of aryl methyl sites for hydroxylation is 2. The van der Waals surface area contributed by atoms with Crippen LogP contribution in [-0.4, -0.2) is 52.9 Å². The van der Waals surface area contributed by atoms with Crippen LogP contribution < -0.4 is 15.0 Å². The molecule has 2 aromatic heterocycles. The molecule has 1 aromatic carbocycles. The summed E-state index contributed by atoms with van der Waals surface area (Å²) in [5, 5.41) is 13.6. The molecule has 1 saturated heterocycles. The summed E-state index contributed by atoms with van der Waals surface area (Å²) >= 11 is 0. The van der Waals surface area contributed by atoms with Crippen LogP contribution in [0.2, 0.25) is 0 Å². The van der Waals surface area contributed by atoms with Crippen LogP contribution in [0.3, 0.4) is 0 Å². The first-order valence-corrected chi connectivity index (χ1v) is 14.5. The van der Waals surface area contributed by atoms with Gasteiger partial charge in [-0.05, 0) is 88.8 Å². The first-order chi connectivity index (χ1) is 19.7. The number of anilines is 2. The van der Waals surface area contributed by atoms with Gasteiger partial charge in [0, 0.05) is 42.7 Å². The number of hydrogen-bond acceptors (Lipinski definition) is 7. The SMILES string of the molecule is Cc1cc(F)ccc1OCCNc1ccc(-c2cnc(C)c([C@H](OC(C)(C)C)C(=O)O)c2N2CCC(C)(C)CC2)nc1. The maximum absolute atomic E-state index is 13.3. The third-order valence-electron chi connectivity index (χ3n) is 7.54. The number of nitrogens with one attached hydrogen (secondary N) is 1. The van der Waals surface area contributed by atoms with Crippen molar-refractivity contribution >= 4 is 17.3 Å². The second kappa shape index (κ2) is 12.7. The van der Waals surface area contributed by atoms with E-state index in [1.807, 2.05) is 46.8 Å². The molecule has 0 aliphatic carbocycles. The van der Waals surface area contributed by atoms with Gasteiger partial charge in [0.05, 0.1) is 28.9 Å². The topological polar surface area (TPSA) is 96.8 Å². The number of aromatic nitrogens is 2. The highest BCUT2D eigenvalue weighted by molar-refractivity contribution is 5.85. The molecule has 0 spiro atoms. The van der Waals surface area contributed by atoms with Crippen molar-refractivity contribution in [1.29, 1.82) is 0 Å². The molecule has 3 heterocycles. The summed E-state index contributed by atoms with van der Waals surface area (Å²) in [7, 11) is 0. The van der Waals surface area contributed by atoms with Crippen molar-refractivity contribution in [3.8, 4) is 17.0 Å². The van der Waals surface area contributed by atoms with Crippen molar-refractivity contribution in [1.82, 2.24) is 9.97 Å². The summed E-state index contributed by atoms with van der Waals surface area (Å²) in [5.41, 5.74) is 4.63. The highest BCUT2D eigenvalue weighted by atomic mass is 19.1. The Morgan fingerprint density at radius 2 is 1.83 bits per heavy atom. The molecule has 0 unspecified atom stereocenters. The Hall–Kier alpha value is -3.72. The van der Waals surface area contributed by atoms with Gasteiger partial charge in [-0.15, -0.1) is 0 Å². The highest BCUT2D eigenvalue weighted by Gasteiger charge is 2.36. The zero-order valence-corrected chi connectivity index (χ0v) is 25.8. The van der Waals surface area contributed by atoms with E-state index in [0.29, 0.717) is 35.9 Å². The second-order valence-electron chi connectivity index (χ2n) is 12.7. The van der Waals surface area contributed by atoms with Gasteiger partial charge in [0.1, 0.15) is 18.2 Å². The van der Waals surface area contributed by atoms with Gasteiger partial charge in [0.2, 0.25) is 0 Å². The third kappa shape index (κ3) is 7.76. The van der Waals surface area contributed by atoms with Crippen molar-refractivity contribution in [3.05, 3.63) is 65.4 Å². The quantitative estimate of drug-likeness (QED) is 0.249. The minimum atomic E-state index is -1.17. The number of carbonyl (C=O) groups is 1. The van der Waals surface area contributed by atoms with E-state index in [0.717, 1.165) is 48.4 Å². The third-order valence-corrected chi connectivity index (χ3v) is 7.54. The lowest BCUT2D eigenvalue weighted by molar-refractivity contribution is -0.160. The van der Waals surface area contributed by atoms with E-state index in [-0.39, 0.29) is 11.2 Å². The van der Waals surface area contributed by atoms with Crippen LogP contribution in [0.4, 0.5) is 15.8 Å². The summed E-state index contributed by atoms with van der Waals surface area (Å²) in [6, 6.07) is 8.32. The van der Waals surface area contributed by atoms with Crippen LogP contribution in [0.5, 0.6) is 5.75 Å². The van der Waals surface area contributed by atoms with Gasteiger partial charge in [-0.3, -0.25) is 9.97 Å². The number of benzene rings is 1. The number of ether oxygens (including phenoxy) is 2. The van der Waals surface area contributed by atoms with Crippen LogP contribution in [0.1, 0.15) is 70.4 Å². The van der Waals surface area contributed by atoms with Crippen LogP contribution in [0.15, 0.2) is 42.7 Å². The lowest BCUT2D eigenvalue weighted by Gasteiger charge is -2.40. The fraction of sp³-hybridized carbons (Fsp3) is 0.485. The lowest BCUT2D eigenvalue weighted by Crippen LogP contribution is -2.39. The van der Waals surface area contributed by atoms with Gasteiger partial charge in [-0.25, -0.2) is 9.18 Å². The summed E-state index contributed by atoms with van der Waals surface area (Å²) in [6.07, 6.45) is 4.34. The molecule has 1 atom stereocenters. The average Bonchev–Trinajstić information content (AvgIpc) is 2.91. The Labute approximate surface area is 248 Å². The number of rotatable bonds is 10. The van der Waals surface area contributed by atoms with E-state index in [9.17, 15) is 14.3 Å². The Morgan fingerprint density at radius 3 is 2.43 bits per heavy atom. The number of carboxylic acids is 1. The van der Waals surface area contributed by atoms with E-state index < -0.39 is 17.7 Å². The van der Waals surface area contributed by atoms with E-state index in [2.05, 4.69) is 29.0 Å². The Balaban J connectivity index is 1.61. The molecule has 4 rings (SSSR count). The standard InChI is InChI=1S/C33H43FN4O4/c1-21-18-23(34)8-11-27(21)41-17-14-35-24-9-10-26(37-19-24)25-20-36-22(2)28(30(31(39)40)42-32(3,4)5)29(25)38-15-12-33(6,7)13-16-38/h8-11,18-20,30,35H,12-17H2,1-7H3,(H,39,40)/t30-/m0/s1. The lowest BCUT2D eigenvalue weighted by atomic mass is 9.82. The van der Waals surface area contributed by atoms with Crippen LogP contribution in [0.25, 0.3) is 11.3 Å². The zero-order chi connectivity index (χ0) is 30.7. The van der Waals surface area contributed by atoms with Gasteiger partial charge in [-0.2, -0.15) is 0 Å². The molecule has 226 valence electrons. The molecule has 1 fully saturated rings. The van der Waals surface area contributed by atoms with Crippen LogP contribution in [0, 0.1) is 25.1 Å². The maximum Gasteiger partial charge on any atom is 0.337 e. The normalized spacial score (nSPS) is 15.8. The largest absolute Gasteiger partial charge is 0.491 e. The fourth-order valence-electron chi connectivity index (χ4n) is 5.16. The summed E-state index contributed by atoms with van der Waals surface area (Å²) in [6.45, 7) is 16.3. The highest BCUT2D eigenvalue weighted by Crippen LogP contribution is 2.43. The molecule has 1 aliphatic heterocycles. The number of halogens is 1. The number of hydrogen-bond donors (Lipinski definition) is 2. The summed E-state index contributed by atoms with van der Waals surface area (Å²) < 4.78 is 25.2. The first-order valence-electron chi connectivity index (χ1n) is 14.5. The molecule has 42 heavy (non-hydrogen) atoms. The minimum absolute atomic E-state index is 0.220. The molecule has 8 nitrogen and oxygen atoms in total. The molecule has 0 bridgehead atoms. The van der Waals surface area contributed by atoms with Crippen molar-refractivity contribution in [2.75, 3.05) is 36.5 Å². The van der Waals surface area contributed by atoms with Crippen molar-refractivity contribution in [2.24, 2.45) is 5.41 Å². The molecule has 0 saturated carbocycles. The fourth-order valence-corrected chi connectivity index (χ4v) is 5.16. The Bertz CT molecular complexity index is 1390. The molecule has 0 radical (unpaired) electrons. The van der Waals surface area contributed by atoms with Gasteiger partial charge in [0.25, 0.3) is 0 Å². The monoisotopic (exact) mass is 578 g/mol. The molecule has 2 N–H and O–H groups in total. The molecule has 0 amide bonds. The first kappa shape index (κ1) is 31.2. The smallest absolute Gasteiger partial charge is 0.337 e. The predicted octanol–water partition coefficient (Wildman–Crippen LogP) is 6.96. The van der Waals surface area contributed by atoms with Crippen molar-refractivity contribution in [3.63, 3.8) is 0 Å². The zero-order valence-electron chi connectivity index (χ0n) is 25.8. The number of piperidine rings is 1. The molecular weight excluding hydrogens is 535 g/mol. The van der Waals surface area contributed by atoms with E-state index in [1.165, 1.54) is 12.1 Å². The number of aliphatic carboxylic acids is 1. The molecule has 1 aliphatic rings. The van der Waals surface area contributed by atoms with Crippen LogP contribution >= 0.6 is 0 Å². The Morgan fingerprint density at radius 1 is 1.12 bits per heavy atom. The second-order valence-corrected chi connectivity index (χ2v) is 12.7. The number of nitrogens with zero attached hydrogens (tertiary/aromatic N) is 3. The minimum Gasteiger partial charge on any atom is -0.491 e. The summed E-state index contributed by atoms with van der Waals surface area (Å²) in [5.74, 6) is -0.679. The molecule has 9 heteroatoms. The van der Waals surface area contributed by atoms with Crippen molar-refractivity contribution in [2.45, 2.75) is 73.0 Å². The number of carboxylic acid groups (broad SMARTS) is 1. The van der Waals surface area contributed by atoms with E-state index in [4.69, 9.17) is 14.5 Å².